The molecule has 6 fully saturated rings. The topological polar surface area (TPSA) is 163 Å². The number of aryl methyl sites for hydroxylation is 1. The molecule has 0 aromatic carbocycles. The van der Waals surface area contributed by atoms with E-state index >= 15 is 0 Å². The van der Waals surface area contributed by atoms with Gasteiger partial charge in [-0.1, -0.05) is 7.43 Å². The quantitative estimate of drug-likeness (QED) is 0.0836. The first-order valence-electron chi connectivity index (χ1n) is 24.5. The number of rotatable bonds is 10. The van der Waals surface area contributed by atoms with E-state index in [0.29, 0.717) is 47.7 Å². The average molecular weight is 1180 g/mol. The zero-order chi connectivity index (χ0) is 46.0. The summed E-state index contributed by atoms with van der Waals surface area (Å²) < 4.78 is 33.7. The fourth-order valence-corrected chi connectivity index (χ4v) is 12.7. The minimum absolute atomic E-state index is 0. The molecule has 23 heteroatoms. The van der Waals surface area contributed by atoms with Crippen LogP contribution in [0, 0.1) is 7.43 Å². The molecule has 5 radical (unpaired) electrons. The second-order valence-corrected chi connectivity index (χ2v) is 20.4. The summed E-state index contributed by atoms with van der Waals surface area (Å²) in [7, 11) is 11.9. The van der Waals surface area contributed by atoms with Crippen molar-refractivity contribution >= 4 is 89.3 Å². The molecule has 0 unspecified atom stereocenters. The molecule has 0 amide bonds. The summed E-state index contributed by atoms with van der Waals surface area (Å²) in [5.74, 6) is 3.50. The number of hydrogen-bond acceptors (Lipinski definition) is 17. The van der Waals surface area contributed by atoms with E-state index in [4.69, 9.17) is 49.3 Å². The molecule has 2 N–H and O–H groups in total. The first-order valence-corrected chi connectivity index (χ1v) is 26.4. The molecule has 16 nitrogen and oxygen atoms in total. The molecule has 0 spiro atoms. The van der Waals surface area contributed by atoms with Crippen LogP contribution in [0.1, 0.15) is 119 Å². The van der Waals surface area contributed by atoms with Crippen LogP contribution >= 0.6 is 34.7 Å². The summed E-state index contributed by atoms with van der Waals surface area (Å²) in [6, 6.07) is 2.22. The van der Waals surface area contributed by atoms with Crippen molar-refractivity contribution in [2.24, 2.45) is 7.05 Å². The molecular weight excluding hydrogens is 1110 g/mol. The minimum Gasteiger partial charge on any atom is -0.381 e. The van der Waals surface area contributed by atoms with Crippen molar-refractivity contribution in [3.8, 4) is 0 Å². The molecule has 377 valence electrons. The number of halogens is 1. The zero-order valence-corrected chi connectivity index (χ0v) is 45.6. The number of nitrogens with one attached hydrogen (secondary N) is 2. The number of ether oxygens (including phenoxy) is 4. The van der Waals surface area contributed by atoms with Crippen molar-refractivity contribution in [2.75, 3.05) is 89.7 Å². The number of morpholine rings is 2. The van der Waals surface area contributed by atoms with E-state index in [1.807, 2.05) is 24.1 Å². The molecule has 4 saturated heterocycles. The van der Waals surface area contributed by atoms with Gasteiger partial charge in [0.25, 0.3) is 0 Å². The fourth-order valence-electron chi connectivity index (χ4n) is 10.7. The molecule has 11 rings (SSSR count). The van der Waals surface area contributed by atoms with Gasteiger partial charge in [0, 0.05) is 152 Å². The predicted molar refractivity (Wildman–Crippen MR) is 282 cm³/mol. The van der Waals surface area contributed by atoms with Crippen LogP contribution in [0.2, 0.25) is 5.28 Å². The molecule has 4 aliphatic heterocycles. The van der Waals surface area contributed by atoms with Gasteiger partial charge in [-0.05, 0) is 117 Å². The predicted octanol–water partition coefficient (Wildman–Crippen LogP) is 6.99. The maximum absolute atomic E-state index is 6.24. The van der Waals surface area contributed by atoms with Crippen molar-refractivity contribution in [1.29, 1.82) is 0 Å². The van der Waals surface area contributed by atoms with Crippen LogP contribution in [0.15, 0.2) is 12.4 Å². The number of nitrogens with zero attached hydrogens (tertiary/aromatic N) is 10. The summed E-state index contributed by atoms with van der Waals surface area (Å²) in [5, 5.41) is 14.4. The Morgan fingerprint density at radius 2 is 1.07 bits per heavy atom. The Morgan fingerprint density at radius 1 is 0.643 bits per heavy atom. The van der Waals surface area contributed by atoms with Gasteiger partial charge in [-0.25, -0.2) is 19.9 Å². The van der Waals surface area contributed by atoms with Gasteiger partial charge >= 0.3 is 0 Å². The van der Waals surface area contributed by atoms with Crippen LogP contribution in [0.5, 0.6) is 0 Å². The molecule has 9 heterocycles. The second kappa shape index (κ2) is 28.4. The van der Waals surface area contributed by atoms with Gasteiger partial charge in [0.1, 0.15) is 22.3 Å². The number of aromatic nitrogens is 8. The van der Waals surface area contributed by atoms with Crippen molar-refractivity contribution in [2.45, 2.75) is 127 Å². The summed E-state index contributed by atoms with van der Waals surface area (Å²) >= 11 is 9.18. The standard InChI is InChI=1S/C25H35N7O2S.C20H28ClN5O2S.CH4.CH3.B3.W/c1-31-16-17(15-26-31)14-21-28-24(22-23(30-35-25(22)29-21)18-6-10-33-11-7-18)27-19-2-4-20(5-3-19)32-8-12-34-13-9-32;21-20-23-18(16-17(25-29-19(16)24-20)13-5-9-27-10-6-13)22-14-1-3-15(4-2-14)26-7-11-28-12-8-26;;;1-3-2;/h15-16,18-20H,2-14H2,1H3,(H,27,28,29);13-15H,1-12H2,(H,22,23,24);1H4;1H3;;/q;;;-1;;. The van der Waals surface area contributed by atoms with Gasteiger partial charge in [-0.2, -0.15) is 13.8 Å². The molecule has 70 heavy (non-hydrogen) atoms. The van der Waals surface area contributed by atoms with Gasteiger partial charge in [0.05, 0.1) is 54.8 Å². The van der Waals surface area contributed by atoms with Crippen LogP contribution in [-0.2, 0) is 53.5 Å². The summed E-state index contributed by atoms with van der Waals surface area (Å²) in [6.07, 6.45) is 18.1. The Balaban J connectivity index is 0.000000212. The van der Waals surface area contributed by atoms with E-state index in [9.17, 15) is 0 Å². The van der Waals surface area contributed by atoms with Crippen LogP contribution in [-0.4, -0.2) is 174 Å². The first kappa shape index (κ1) is 57.0. The van der Waals surface area contributed by atoms with E-state index in [1.54, 1.807) is 0 Å². The number of fused-ring (bicyclic) bond motifs is 2. The molecule has 0 bridgehead atoms. The van der Waals surface area contributed by atoms with Crippen molar-refractivity contribution in [1.82, 2.24) is 48.3 Å². The number of anilines is 2. The summed E-state index contributed by atoms with van der Waals surface area (Å²) in [5.41, 5.74) is 3.40. The van der Waals surface area contributed by atoms with Gasteiger partial charge in [-0.15, -0.1) is 0 Å². The normalized spacial score (nSPS) is 23.9. The maximum Gasteiger partial charge on any atom is 0.225 e. The van der Waals surface area contributed by atoms with Gasteiger partial charge < -0.3 is 37.0 Å². The van der Waals surface area contributed by atoms with Gasteiger partial charge in [0.15, 0.2) is 4.83 Å². The van der Waals surface area contributed by atoms with Crippen molar-refractivity contribution in [3.05, 3.63) is 47.9 Å². The number of hydrogen-bond donors (Lipinski definition) is 2. The molecule has 0 atom stereocenters. The monoisotopic (exact) mass is 1180 g/mol. The Morgan fingerprint density at radius 3 is 1.51 bits per heavy atom. The Bertz CT molecular complexity index is 2320. The smallest absolute Gasteiger partial charge is 0.225 e. The van der Waals surface area contributed by atoms with E-state index in [-0.39, 0.29) is 35.9 Å². The van der Waals surface area contributed by atoms with Crippen LogP contribution in [0.3, 0.4) is 0 Å². The van der Waals surface area contributed by atoms with Gasteiger partial charge in [0.2, 0.25) is 5.28 Å². The zero-order valence-electron chi connectivity index (χ0n) is 40.2. The third kappa shape index (κ3) is 14.7. The molecule has 5 aromatic rings. The first-order chi connectivity index (χ1) is 32.9. The summed E-state index contributed by atoms with van der Waals surface area (Å²) in [6.45, 7) is 11.0. The fraction of sp³-hybridized carbons (Fsp3) is 0.702. The maximum atomic E-state index is 6.24. The van der Waals surface area contributed by atoms with E-state index < -0.39 is 0 Å². The second-order valence-electron chi connectivity index (χ2n) is 18.6. The molecule has 6 aliphatic rings. The SMILES string of the molecule is C.Clc1nc(NC2CCC(N3CCOCC3)CC2)c2c(C3CCOCC3)nsc2n1.Cn1cc(Cc2nc(NC3CCC(N4CCOCC4)CC3)c3c(C4CCOCC4)nsc3n2)cn1.[B][B][B].[CH3-].[W]. The van der Waals surface area contributed by atoms with Crippen molar-refractivity contribution in [3.63, 3.8) is 0 Å². The Kier molecular flexibility index (Phi) is 23.1. The van der Waals surface area contributed by atoms with E-state index in [2.05, 4.69) is 51.0 Å². The van der Waals surface area contributed by atoms with Crippen molar-refractivity contribution < 1.29 is 40.0 Å². The average Bonchev–Trinajstić information content (AvgIpc) is 4.12. The van der Waals surface area contributed by atoms with E-state index in [1.165, 1.54) is 48.7 Å². The third-order valence-corrected chi connectivity index (χ3v) is 16.0. The van der Waals surface area contributed by atoms with Crippen LogP contribution in [0.4, 0.5) is 11.6 Å². The Labute approximate surface area is 446 Å². The van der Waals surface area contributed by atoms with E-state index in [0.717, 1.165) is 192 Å². The molecule has 2 aliphatic carbocycles. The van der Waals surface area contributed by atoms with Crippen LogP contribution in [0.25, 0.3) is 20.4 Å². The largest absolute Gasteiger partial charge is 0.381 e. The Hall–Kier alpha value is -2.32. The summed E-state index contributed by atoms with van der Waals surface area (Å²) in [4.78, 5) is 26.2. The van der Waals surface area contributed by atoms with Crippen LogP contribution < -0.4 is 10.6 Å². The molecule has 5 aromatic heterocycles. The molecule has 2 saturated carbocycles. The molecular formula is C47H70B3ClN12O4S2W-. The third-order valence-electron chi connectivity index (χ3n) is 14.3. The van der Waals surface area contributed by atoms with Gasteiger partial charge in [-0.3, -0.25) is 14.5 Å². The minimum atomic E-state index is 0.